The van der Waals surface area contributed by atoms with Crippen LogP contribution in [0.1, 0.15) is 48.8 Å². The van der Waals surface area contributed by atoms with Gasteiger partial charge < -0.3 is 9.64 Å². The number of likely N-dealkylation sites (tertiary alicyclic amines) is 1. The minimum atomic E-state index is 0.201. The Kier molecular flexibility index (Phi) is 4.91. The number of benzene rings is 1. The van der Waals surface area contributed by atoms with Gasteiger partial charge in [-0.3, -0.25) is 9.89 Å². The van der Waals surface area contributed by atoms with Crippen LogP contribution in [0.5, 0.6) is 5.75 Å². The number of aromatic amines is 1. The number of H-pyrrole nitrogens is 1. The summed E-state index contributed by atoms with van der Waals surface area (Å²) in [6.07, 6.45) is 5.90. The number of ether oxygens (including phenoxy) is 1. The summed E-state index contributed by atoms with van der Waals surface area (Å²) in [7, 11) is 1.65. The van der Waals surface area contributed by atoms with Gasteiger partial charge in [0.25, 0.3) is 0 Å². The van der Waals surface area contributed by atoms with E-state index in [2.05, 4.69) is 15.2 Å². The molecule has 26 heavy (non-hydrogen) atoms. The van der Waals surface area contributed by atoms with Crippen LogP contribution in [0.15, 0.2) is 24.3 Å². The van der Waals surface area contributed by atoms with Crippen molar-refractivity contribution in [2.75, 3.05) is 20.2 Å². The summed E-state index contributed by atoms with van der Waals surface area (Å²) in [5.74, 6) is 4.17. The molecule has 1 aromatic carbocycles. The average Bonchev–Trinajstić information content (AvgIpc) is 3.42. The number of piperidine rings is 1. The van der Waals surface area contributed by atoms with Crippen molar-refractivity contribution in [1.29, 1.82) is 0 Å². The van der Waals surface area contributed by atoms with E-state index in [1.165, 1.54) is 12.8 Å². The molecule has 0 bridgehead atoms. The van der Waals surface area contributed by atoms with Crippen molar-refractivity contribution in [3.63, 3.8) is 0 Å². The molecule has 1 saturated heterocycles. The van der Waals surface area contributed by atoms with Gasteiger partial charge in [-0.05, 0) is 49.3 Å². The first-order chi connectivity index (χ1) is 12.7. The Hall–Kier alpha value is -2.37. The third kappa shape index (κ3) is 4.06. The maximum atomic E-state index is 12.6. The van der Waals surface area contributed by atoms with Crippen molar-refractivity contribution in [2.45, 2.75) is 44.4 Å². The normalized spacial score (nSPS) is 18.1. The van der Waals surface area contributed by atoms with E-state index in [4.69, 9.17) is 4.74 Å². The minimum Gasteiger partial charge on any atom is -0.497 e. The van der Waals surface area contributed by atoms with Crippen LogP contribution in [-0.2, 0) is 17.6 Å². The molecular weight excluding hydrogens is 328 g/mol. The fourth-order valence-electron chi connectivity index (χ4n) is 3.65. The zero-order valence-electron chi connectivity index (χ0n) is 15.3. The van der Waals surface area contributed by atoms with Crippen molar-refractivity contribution >= 4 is 5.91 Å². The number of carbonyl (C=O) groups excluding carboxylic acids is 1. The van der Waals surface area contributed by atoms with Crippen LogP contribution in [0.4, 0.5) is 0 Å². The molecule has 1 N–H and O–H groups in total. The molecule has 6 nitrogen and oxygen atoms in total. The molecule has 1 amide bonds. The first kappa shape index (κ1) is 17.1. The van der Waals surface area contributed by atoms with Gasteiger partial charge >= 0.3 is 0 Å². The molecule has 0 unspecified atom stereocenters. The lowest BCUT2D eigenvalue weighted by molar-refractivity contribution is -0.131. The largest absolute Gasteiger partial charge is 0.497 e. The third-order valence-corrected chi connectivity index (χ3v) is 5.43. The number of hydrogen-bond donors (Lipinski definition) is 1. The number of carbonyl (C=O) groups is 1. The number of aromatic nitrogens is 3. The Bertz CT molecular complexity index is 761. The van der Waals surface area contributed by atoms with Gasteiger partial charge in [-0.15, -0.1) is 0 Å². The van der Waals surface area contributed by atoms with Crippen LogP contribution in [0.2, 0.25) is 0 Å². The molecule has 6 heteroatoms. The van der Waals surface area contributed by atoms with Gasteiger partial charge in [0.1, 0.15) is 11.6 Å². The van der Waals surface area contributed by atoms with E-state index in [-0.39, 0.29) is 5.91 Å². The van der Waals surface area contributed by atoms with E-state index in [0.29, 0.717) is 18.3 Å². The maximum Gasteiger partial charge on any atom is 0.226 e. The summed E-state index contributed by atoms with van der Waals surface area (Å²) in [6.45, 7) is 1.66. The fourth-order valence-corrected chi connectivity index (χ4v) is 3.65. The van der Waals surface area contributed by atoms with Crippen molar-refractivity contribution in [1.82, 2.24) is 20.1 Å². The van der Waals surface area contributed by atoms with E-state index in [0.717, 1.165) is 55.3 Å². The Balaban J connectivity index is 1.26. The lowest BCUT2D eigenvalue weighted by Crippen LogP contribution is -2.39. The number of rotatable bonds is 6. The molecule has 1 saturated carbocycles. The summed E-state index contributed by atoms with van der Waals surface area (Å²) in [4.78, 5) is 19.2. The molecule has 0 radical (unpaired) electrons. The quantitative estimate of drug-likeness (QED) is 0.866. The van der Waals surface area contributed by atoms with E-state index in [1.807, 2.05) is 29.2 Å². The molecule has 2 aliphatic rings. The van der Waals surface area contributed by atoms with Crippen LogP contribution in [-0.4, -0.2) is 46.2 Å². The molecule has 2 aromatic rings. The van der Waals surface area contributed by atoms with Crippen LogP contribution in [0.25, 0.3) is 0 Å². The Morgan fingerprint density at radius 1 is 1.27 bits per heavy atom. The number of methoxy groups -OCH3 is 1. The number of nitrogens with zero attached hydrogens (tertiary/aromatic N) is 3. The number of amides is 1. The summed E-state index contributed by atoms with van der Waals surface area (Å²) in [5, 5.41) is 7.44. The second-order valence-electron chi connectivity index (χ2n) is 7.47. The smallest absolute Gasteiger partial charge is 0.226 e. The monoisotopic (exact) mass is 354 g/mol. The Morgan fingerprint density at radius 2 is 2.08 bits per heavy atom. The van der Waals surface area contributed by atoms with Crippen LogP contribution < -0.4 is 4.74 Å². The first-order valence-electron chi connectivity index (χ1n) is 9.53. The fraction of sp³-hybridized carbons (Fsp3) is 0.550. The molecule has 4 rings (SSSR count). The van der Waals surface area contributed by atoms with E-state index < -0.39 is 0 Å². The molecule has 2 fully saturated rings. The zero-order valence-corrected chi connectivity index (χ0v) is 15.3. The lowest BCUT2D eigenvalue weighted by atomic mass is 9.93. The SMILES string of the molecule is COc1cccc(CC(=O)N2CCC(Cc3nc(C4CC4)n[nH]3)CC2)c1. The molecule has 0 spiro atoms. The van der Waals surface area contributed by atoms with Gasteiger partial charge in [0.15, 0.2) is 5.82 Å². The average molecular weight is 354 g/mol. The van der Waals surface area contributed by atoms with Gasteiger partial charge in [-0.25, -0.2) is 4.98 Å². The Morgan fingerprint density at radius 3 is 2.81 bits per heavy atom. The summed E-state index contributed by atoms with van der Waals surface area (Å²) in [6, 6.07) is 7.75. The van der Waals surface area contributed by atoms with Gasteiger partial charge in [0.2, 0.25) is 5.91 Å². The van der Waals surface area contributed by atoms with Crippen molar-refractivity contribution in [3.05, 3.63) is 41.5 Å². The zero-order chi connectivity index (χ0) is 17.9. The predicted molar refractivity (Wildman–Crippen MR) is 98.1 cm³/mol. The summed E-state index contributed by atoms with van der Waals surface area (Å²) in [5.41, 5.74) is 1.01. The predicted octanol–water partition coefficient (Wildman–Crippen LogP) is 2.71. The Labute approximate surface area is 154 Å². The van der Waals surface area contributed by atoms with Crippen LogP contribution in [0.3, 0.4) is 0 Å². The lowest BCUT2D eigenvalue weighted by Gasteiger charge is -2.31. The van der Waals surface area contributed by atoms with Crippen LogP contribution >= 0.6 is 0 Å². The van der Waals surface area contributed by atoms with Crippen molar-refractivity contribution < 1.29 is 9.53 Å². The van der Waals surface area contributed by atoms with Crippen molar-refractivity contribution in [2.24, 2.45) is 5.92 Å². The minimum absolute atomic E-state index is 0.201. The number of nitrogens with one attached hydrogen (secondary N) is 1. The third-order valence-electron chi connectivity index (χ3n) is 5.43. The highest BCUT2D eigenvalue weighted by Crippen LogP contribution is 2.37. The second kappa shape index (κ2) is 7.48. The van der Waals surface area contributed by atoms with Crippen molar-refractivity contribution in [3.8, 4) is 5.75 Å². The summed E-state index contributed by atoms with van der Waals surface area (Å²) >= 11 is 0. The first-order valence-corrected chi connectivity index (χ1v) is 9.53. The topological polar surface area (TPSA) is 71.1 Å². The highest BCUT2D eigenvalue weighted by molar-refractivity contribution is 5.79. The molecule has 1 aliphatic carbocycles. The maximum absolute atomic E-state index is 12.6. The standard InChI is InChI=1S/C20H26N4O2/c1-26-17-4-2-3-15(11-17)13-19(25)24-9-7-14(8-10-24)12-18-21-20(23-22-18)16-5-6-16/h2-4,11,14,16H,5-10,12-13H2,1H3,(H,21,22,23). The number of hydrogen-bond acceptors (Lipinski definition) is 4. The van der Waals surface area contributed by atoms with Crippen LogP contribution in [0, 0.1) is 5.92 Å². The molecular formula is C20H26N4O2. The summed E-state index contributed by atoms with van der Waals surface area (Å²) < 4.78 is 5.23. The molecule has 1 aliphatic heterocycles. The molecule has 0 atom stereocenters. The van der Waals surface area contributed by atoms with E-state index >= 15 is 0 Å². The highest BCUT2D eigenvalue weighted by atomic mass is 16.5. The van der Waals surface area contributed by atoms with Gasteiger partial charge in [0, 0.05) is 25.4 Å². The van der Waals surface area contributed by atoms with Gasteiger partial charge in [-0.2, -0.15) is 5.10 Å². The van der Waals surface area contributed by atoms with Gasteiger partial charge in [-0.1, -0.05) is 12.1 Å². The molecule has 2 heterocycles. The highest BCUT2D eigenvalue weighted by Gasteiger charge is 2.29. The van der Waals surface area contributed by atoms with E-state index in [9.17, 15) is 4.79 Å². The van der Waals surface area contributed by atoms with E-state index in [1.54, 1.807) is 7.11 Å². The molecule has 1 aromatic heterocycles. The second-order valence-corrected chi connectivity index (χ2v) is 7.47. The van der Waals surface area contributed by atoms with Gasteiger partial charge in [0.05, 0.1) is 13.5 Å². The molecule has 138 valence electrons.